The minimum atomic E-state index is -0.210. The second kappa shape index (κ2) is 5.90. The van der Waals surface area contributed by atoms with Gasteiger partial charge in [-0.05, 0) is 41.8 Å². The Morgan fingerprint density at radius 3 is 2.50 bits per heavy atom. The molecule has 3 rings (SSSR count). The molecule has 0 aliphatic rings. The number of rotatable bonds is 4. The predicted octanol–water partition coefficient (Wildman–Crippen LogP) is 5.71. The second-order valence-corrected chi connectivity index (χ2v) is 7.23. The van der Waals surface area contributed by atoms with Gasteiger partial charge in [0, 0.05) is 17.5 Å². The third-order valence-electron chi connectivity index (χ3n) is 4.52. The summed E-state index contributed by atoms with van der Waals surface area (Å²) in [4.78, 5) is 9.28. The lowest BCUT2D eigenvalue weighted by atomic mass is 9.81. The molecule has 0 bridgehead atoms. The van der Waals surface area contributed by atoms with Gasteiger partial charge < -0.3 is 4.42 Å². The Morgan fingerprint density at radius 2 is 1.92 bits per heavy atom. The van der Waals surface area contributed by atoms with Crippen LogP contribution in [0.1, 0.15) is 63.2 Å². The van der Waals surface area contributed by atoms with Gasteiger partial charge in [0.2, 0.25) is 0 Å². The number of oxazole rings is 1. The maximum atomic E-state index is 5.81. The largest absolute Gasteiger partial charge is 0.440 e. The van der Waals surface area contributed by atoms with Gasteiger partial charge in [0.15, 0.2) is 11.5 Å². The van der Waals surface area contributed by atoms with E-state index >= 15 is 0 Å². The van der Waals surface area contributed by atoms with E-state index in [2.05, 4.69) is 68.5 Å². The first-order chi connectivity index (χ1) is 11.3. The number of hydrogen-bond donors (Lipinski definition) is 0. The highest BCUT2D eigenvalue weighted by atomic mass is 16.3. The van der Waals surface area contributed by atoms with Crippen LogP contribution in [0.3, 0.4) is 0 Å². The van der Waals surface area contributed by atoms with Gasteiger partial charge in [0.1, 0.15) is 5.52 Å². The molecule has 0 aliphatic carbocycles. The van der Waals surface area contributed by atoms with E-state index in [4.69, 9.17) is 4.42 Å². The topological polar surface area (TPSA) is 38.9 Å². The molecule has 0 N–H and O–H groups in total. The van der Waals surface area contributed by atoms with Gasteiger partial charge >= 0.3 is 0 Å². The molecule has 2 heterocycles. The van der Waals surface area contributed by atoms with E-state index in [1.54, 1.807) is 0 Å². The number of fused-ring (bicyclic) bond motifs is 1. The lowest BCUT2D eigenvalue weighted by Gasteiger charge is -2.25. The van der Waals surface area contributed by atoms with Crippen molar-refractivity contribution in [3.05, 3.63) is 65.8 Å². The number of hydrogen-bond acceptors (Lipinski definition) is 3. The maximum Gasteiger partial charge on any atom is 0.198 e. The molecule has 0 aliphatic heterocycles. The van der Waals surface area contributed by atoms with Crippen LogP contribution in [0.4, 0.5) is 0 Å². The van der Waals surface area contributed by atoms with Crippen LogP contribution in [0.5, 0.6) is 0 Å². The Kier molecular flexibility index (Phi) is 4.04. The van der Waals surface area contributed by atoms with Crippen LogP contribution in [0.25, 0.3) is 16.7 Å². The van der Waals surface area contributed by atoms with Crippen LogP contribution >= 0.6 is 0 Å². The number of aromatic nitrogens is 2. The summed E-state index contributed by atoms with van der Waals surface area (Å²) in [6, 6.07) is 10.4. The number of benzene rings is 1. The van der Waals surface area contributed by atoms with E-state index in [1.807, 2.05) is 19.2 Å². The molecule has 0 fully saturated rings. The Hall–Kier alpha value is -2.42. The fraction of sp³-hybridized carbons (Fsp3) is 0.333. The third-order valence-corrected chi connectivity index (χ3v) is 4.52. The summed E-state index contributed by atoms with van der Waals surface area (Å²) < 4.78 is 5.81. The Labute approximate surface area is 143 Å². The molecule has 0 atom stereocenters. The predicted molar refractivity (Wildman–Crippen MR) is 99.2 cm³/mol. The Bertz CT molecular complexity index is 886. The van der Waals surface area contributed by atoms with Gasteiger partial charge in [0.25, 0.3) is 0 Å². The van der Waals surface area contributed by atoms with Crippen molar-refractivity contribution in [2.24, 2.45) is 0 Å². The average molecular weight is 320 g/mol. The summed E-state index contributed by atoms with van der Waals surface area (Å²) in [7, 11) is 0. The van der Waals surface area contributed by atoms with E-state index < -0.39 is 0 Å². The Morgan fingerprint density at radius 1 is 1.17 bits per heavy atom. The first-order valence-electron chi connectivity index (χ1n) is 8.32. The van der Waals surface area contributed by atoms with Gasteiger partial charge in [-0.15, -0.1) is 0 Å². The molecule has 3 nitrogen and oxygen atoms in total. The van der Waals surface area contributed by atoms with E-state index in [0.717, 1.165) is 33.8 Å². The van der Waals surface area contributed by atoms with Gasteiger partial charge in [0.05, 0.1) is 5.69 Å². The van der Waals surface area contributed by atoms with Crippen molar-refractivity contribution < 1.29 is 4.42 Å². The molecule has 3 heteroatoms. The summed E-state index contributed by atoms with van der Waals surface area (Å²) in [5.74, 6) is 1.06. The minimum absolute atomic E-state index is 0.210. The zero-order valence-electron chi connectivity index (χ0n) is 15.1. The fourth-order valence-electron chi connectivity index (χ4n) is 2.74. The smallest absolute Gasteiger partial charge is 0.198 e. The van der Waals surface area contributed by atoms with Crippen LogP contribution in [-0.2, 0) is 5.41 Å². The molecule has 2 aromatic heterocycles. The number of nitrogens with zero attached hydrogens (tertiary/aromatic N) is 2. The summed E-state index contributed by atoms with van der Waals surface area (Å²) >= 11 is 0. The summed E-state index contributed by atoms with van der Waals surface area (Å²) in [5.41, 5.74) is 5.83. The fourth-order valence-corrected chi connectivity index (χ4v) is 2.74. The SMILES string of the molecule is C=C(C)c1ccc(C(C)(C)c2ccc3oc(C(C)C)nc3c2)nc1. The van der Waals surface area contributed by atoms with Crippen LogP contribution in [0.15, 0.2) is 47.5 Å². The molecule has 3 aromatic rings. The van der Waals surface area contributed by atoms with Gasteiger partial charge in [-0.3, -0.25) is 4.98 Å². The van der Waals surface area contributed by atoms with Crippen molar-refractivity contribution in [1.29, 1.82) is 0 Å². The summed E-state index contributed by atoms with van der Waals surface area (Å²) in [6.45, 7) is 14.5. The number of pyridine rings is 1. The van der Waals surface area contributed by atoms with Crippen molar-refractivity contribution in [2.45, 2.75) is 46.0 Å². The summed E-state index contributed by atoms with van der Waals surface area (Å²) in [6.07, 6.45) is 1.89. The van der Waals surface area contributed by atoms with Crippen LogP contribution in [0, 0.1) is 0 Å². The molecule has 0 saturated heterocycles. The molecule has 24 heavy (non-hydrogen) atoms. The zero-order chi connectivity index (χ0) is 17.5. The molecule has 0 unspecified atom stereocenters. The van der Waals surface area contributed by atoms with E-state index in [0.29, 0.717) is 0 Å². The first-order valence-corrected chi connectivity index (χ1v) is 8.32. The van der Waals surface area contributed by atoms with Crippen molar-refractivity contribution in [2.75, 3.05) is 0 Å². The summed E-state index contributed by atoms with van der Waals surface area (Å²) in [5, 5.41) is 0. The first kappa shape index (κ1) is 16.4. The molecule has 0 amide bonds. The van der Waals surface area contributed by atoms with Crippen LogP contribution < -0.4 is 0 Å². The van der Waals surface area contributed by atoms with E-state index in [-0.39, 0.29) is 11.3 Å². The van der Waals surface area contributed by atoms with Crippen molar-refractivity contribution in [3.8, 4) is 0 Å². The highest BCUT2D eigenvalue weighted by Gasteiger charge is 2.25. The molecular formula is C21H24N2O. The minimum Gasteiger partial charge on any atom is -0.440 e. The monoisotopic (exact) mass is 320 g/mol. The van der Waals surface area contributed by atoms with E-state index in [1.165, 1.54) is 5.56 Å². The van der Waals surface area contributed by atoms with Gasteiger partial charge in [-0.25, -0.2) is 4.98 Å². The van der Waals surface area contributed by atoms with E-state index in [9.17, 15) is 0 Å². The second-order valence-electron chi connectivity index (χ2n) is 7.23. The third kappa shape index (κ3) is 2.86. The molecule has 124 valence electrons. The standard InChI is InChI=1S/C21H24N2O/c1-13(2)15-7-10-19(22-12-15)21(5,6)16-8-9-18-17(11-16)23-20(24-18)14(3)4/h7-12,14H,1H2,2-6H3. The number of allylic oxidation sites excluding steroid dienone is 1. The highest BCUT2D eigenvalue weighted by Crippen LogP contribution is 2.33. The van der Waals surface area contributed by atoms with Crippen LogP contribution in [0.2, 0.25) is 0 Å². The molecule has 1 aromatic carbocycles. The van der Waals surface area contributed by atoms with Gasteiger partial charge in [-0.2, -0.15) is 0 Å². The normalized spacial score (nSPS) is 12.1. The lowest BCUT2D eigenvalue weighted by Crippen LogP contribution is -2.20. The molecule has 0 saturated carbocycles. The van der Waals surface area contributed by atoms with Crippen molar-refractivity contribution in [1.82, 2.24) is 9.97 Å². The Balaban J connectivity index is 2.01. The molecule has 0 spiro atoms. The molecular weight excluding hydrogens is 296 g/mol. The van der Waals surface area contributed by atoms with Crippen LogP contribution in [-0.4, -0.2) is 9.97 Å². The van der Waals surface area contributed by atoms with Gasteiger partial charge in [-0.1, -0.05) is 46.4 Å². The zero-order valence-corrected chi connectivity index (χ0v) is 15.1. The quantitative estimate of drug-likeness (QED) is 0.618. The lowest BCUT2D eigenvalue weighted by molar-refractivity contribution is 0.501. The van der Waals surface area contributed by atoms with Crippen molar-refractivity contribution in [3.63, 3.8) is 0 Å². The highest BCUT2D eigenvalue weighted by molar-refractivity contribution is 5.74. The molecule has 0 radical (unpaired) electrons. The maximum absolute atomic E-state index is 5.81. The average Bonchev–Trinajstić information content (AvgIpc) is 2.98. The van der Waals surface area contributed by atoms with Crippen molar-refractivity contribution >= 4 is 16.7 Å².